The van der Waals surface area contributed by atoms with Crippen LogP contribution in [0.15, 0.2) is 24.3 Å². The second-order valence-electron chi connectivity index (χ2n) is 8.02. The monoisotopic (exact) mass is 389 g/mol. The van der Waals surface area contributed by atoms with Gasteiger partial charge in [0.2, 0.25) is 0 Å². The summed E-state index contributed by atoms with van der Waals surface area (Å²) in [5, 5.41) is 10.9. The predicted molar refractivity (Wildman–Crippen MR) is 116 cm³/mol. The van der Waals surface area contributed by atoms with Gasteiger partial charge < -0.3 is 14.6 Å². The predicted octanol–water partition coefficient (Wildman–Crippen LogP) is 6.69. The van der Waals surface area contributed by atoms with Crippen LogP contribution in [0.4, 0.5) is 0 Å². The molecule has 0 heterocycles. The summed E-state index contributed by atoms with van der Waals surface area (Å²) in [6.45, 7) is 4.50. The zero-order valence-electron chi connectivity index (χ0n) is 18.2. The lowest BCUT2D eigenvalue weighted by Gasteiger charge is -2.20. The third-order valence-corrected chi connectivity index (χ3v) is 5.40. The number of hydrogen-bond acceptors (Lipinski definition) is 3. The quantitative estimate of drug-likeness (QED) is 0.263. The maximum absolute atomic E-state index is 10.9. The van der Waals surface area contributed by atoms with Crippen molar-refractivity contribution < 1.29 is 14.6 Å². The van der Waals surface area contributed by atoms with Crippen molar-refractivity contribution in [1.82, 2.24) is 0 Å². The highest BCUT2D eigenvalue weighted by molar-refractivity contribution is 5.85. The van der Waals surface area contributed by atoms with Gasteiger partial charge in [-0.3, -0.25) is 0 Å². The fraction of sp³-hybridized carbons (Fsp3) is 0.720. The van der Waals surface area contributed by atoms with Gasteiger partial charge in [-0.05, 0) is 55.5 Å². The number of carbonyl (C=O) groups excluding carboxylic acids is 1. The summed E-state index contributed by atoms with van der Waals surface area (Å²) < 4.78 is 6.20. The molecule has 0 aliphatic heterocycles. The lowest BCUT2D eigenvalue weighted by atomic mass is 10.0. The van der Waals surface area contributed by atoms with E-state index in [4.69, 9.17) is 4.74 Å². The van der Waals surface area contributed by atoms with Gasteiger partial charge in [0, 0.05) is 0 Å². The number of hydrogen-bond donors (Lipinski definition) is 0. The molecular formula is C25H41O3-. The molecule has 0 fully saturated rings. The third kappa shape index (κ3) is 12.0. The van der Waals surface area contributed by atoms with Gasteiger partial charge in [-0.25, -0.2) is 0 Å². The summed E-state index contributed by atoms with van der Waals surface area (Å²) in [6, 6.07) is 6.64. The van der Waals surface area contributed by atoms with Crippen molar-refractivity contribution in [3.05, 3.63) is 29.8 Å². The lowest BCUT2D eigenvalue weighted by Crippen LogP contribution is -2.22. The fourth-order valence-electron chi connectivity index (χ4n) is 3.61. The third-order valence-electron chi connectivity index (χ3n) is 5.40. The van der Waals surface area contributed by atoms with Gasteiger partial charge in [0.1, 0.15) is 5.75 Å². The molecule has 1 aromatic rings. The zero-order chi connectivity index (χ0) is 20.5. The summed E-state index contributed by atoms with van der Waals surface area (Å²) in [5.41, 5.74) is 0.200. The maximum Gasteiger partial charge on any atom is 0.119 e. The van der Waals surface area contributed by atoms with E-state index in [2.05, 4.69) is 13.8 Å². The summed E-state index contributed by atoms with van der Waals surface area (Å²) >= 11 is 0. The van der Waals surface area contributed by atoms with Gasteiger partial charge in [-0.15, -0.1) is 0 Å². The summed E-state index contributed by atoms with van der Waals surface area (Å²) in [6.07, 6.45) is 19.4. The Morgan fingerprint density at radius 3 is 1.61 bits per heavy atom. The second kappa shape index (κ2) is 16.4. The minimum atomic E-state index is -1.14. The first-order valence-corrected chi connectivity index (χ1v) is 11.7. The molecule has 0 aliphatic carbocycles. The topological polar surface area (TPSA) is 49.4 Å². The summed E-state index contributed by atoms with van der Waals surface area (Å²) in [5.74, 6) is -0.374. The van der Waals surface area contributed by atoms with Gasteiger partial charge >= 0.3 is 0 Å². The fourth-order valence-corrected chi connectivity index (χ4v) is 3.61. The van der Waals surface area contributed by atoms with Crippen molar-refractivity contribution >= 4 is 5.97 Å². The standard InChI is InChI=1S/C25H42O3/c1-3-5-7-9-10-11-13-15-17-23(16-14-12-8-6-4-2)28-24-20-18-22(19-21-24)25(26)27/h18-21,23H,3-17H2,1-2H3,(H,26,27)/p-1. The number of aromatic carboxylic acids is 1. The first-order valence-electron chi connectivity index (χ1n) is 11.7. The Bertz CT molecular complexity index is 495. The van der Waals surface area contributed by atoms with E-state index in [1.807, 2.05) is 0 Å². The molecule has 0 bridgehead atoms. The molecule has 0 aromatic heterocycles. The Morgan fingerprint density at radius 2 is 1.18 bits per heavy atom. The van der Waals surface area contributed by atoms with Crippen LogP contribution >= 0.6 is 0 Å². The molecule has 0 spiro atoms. The molecule has 3 nitrogen and oxygen atoms in total. The molecule has 0 radical (unpaired) electrons. The minimum absolute atomic E-state index is 0.200. The molecule has 1 rings (SSSR count). The van der Waals surface area contributed by atoms with Crippen LogP contribution in [0.3, 0.4) is 0 Å². The molecule has 0 aliphatic rings. The van der Waals surface area contributed by atoms with Crippen molar-refractivity contribution in [2.45, 2.75) is 116 Å². The highest BCUT2D eigenvalue weighted by atomic mass is 16.5. The van der Waals surface area contributed by atoms with Gasteiger partial charge in [0.05, 0.1) is 12.1 Å². The summed E-state index contributed by atoms with van der Waals surface area (Å²) in [4.78, 5) is 10.9. The summed E-state index contributed by atoms with van der Waals surface area (Å²) in [7, 11) is 0. The highest BCUT2D eigenvalue weighted by Crippen LogP contribution is 2.21. The highest BCUT2D eigenvalue weighted by Gasteiger charge is 2.11. The Labute approximate surface area is 172 Å². The molecule has 3 heteroatoms. The molecule has 160 valence electrons. The first kappa shape index (κ1) is 24.5. The Kier molecular flexibility index (Phi) is 14.4. The number of ether oxygens (including phenoxy) is 1. The molecule has 28 heavy (non-hydrogen) atoms. The number of carboxylic acid groups (broad SMARTS) is 1. The van der Waals surface area contributed by atoms with E-state index in [9.17, 15) is 9.90 Å². The SMILES string of the molecule is CCCCCCCCCCC(CCCCCCC)Oc1ccc(C(=O)[O-])cc1. The van der Waals surface area contributed by atoms with E-state index in [-0.39, 0.29) is 11.7 Å². The number of rotatable bonds is 18. The molecule has 1 unspecified atom stereocenters. The normalized spacial score (nSPS) is 12.1. The number of carboxylic acids is 1. The van der Waals surface area contributed by atoms with Crippen LogP contribution in [0.1, 0.15) is 121 Å². The van der Waals surface area contributed by atoms with Crippen LogP contribution < -0.4 is 9.84 Å². The van der Waals surface area contributed by atoms with E-state index >= 15 is 0 Å². The zero-order valence-corrected chi connectivity index (χ0v) is 18.2. The van der Waals surface area contributed by atoms with Crippen molar-refractivity contribution in [3.63, 3.8) is 0 Å². The van der Waals surface area contributed by atoms with Crippen molar-refractivity contribution in [3.8, 4) is 5.75 Å². The Hall–Kier alpha value is -1.51. The molecular weight excluding hydrogens is 348 g/mol. The maximum atomic E-state index is 10.9. The Morgan fingerprint density at radius 1 is 0.750 bits per heavy atom. The van der Waals surface area contributed by atoms with Crippen molar-refractivity contribution in [2.24, 2.45) is 0 Å². The van der Waals surface area contributed by atoms with E-state index < -0.39 is 5.97 Å². The largest absolute Gasteiger partial charge is 0.545 e. The van der Waals surface area contributed by atoms with Gasteiger partial charge in [0.15, 0.2) is 0 Å². The molecule has 1 aromatic carbocycles. The van der Waals surface area contributed by atoms with E-state index in [1.54, 1.807) is 24.3 Å². The minimum Gasteiger partial charge on any atom is -0.545 e. The van der Waals surface area contributed by atoms with Gasteiger partial charge in [-0.2, -0.15) is 0 Å². The van der Waals surface area contributed by atoms with Crippen LogP contribution in [0.25, 0.3) is 0 Å². The Balaban J connectivity index is 2.37. The molecule has 0 amide bonds. The molecule has 0 saturated carbocycles. The van der Waals surface area contributed by atoms with Crippen LogP contribution in [0.2, 0.25) is 0 Å². The number of benzene rings is 1. The first-order chi connectivity index (χ1) is 13.7. The molecule has 1 atom stereocenters. The van der Waals surface area contributed by atoms with Crippen molar-refractivity contribution in [1.29, 1.82) is 0 Å². The molecule has 0 saturated heterocycles. The number of carbonyl (C=O) groups is 1. The smallest absolute Gasteiger partial charge is 0.119 e. The van der Waals surface area contributed by atoms with E-state index in [1.165, 1.54) is 83.5 Å². The average molecular weight is 390 g/mol. The lowest BCUT2D eigenvalue weighted by molar-refractivity contribution is -0.255. The van der Waals surface area contributed by atoms with Gasteiger partial charge in [0.25, 0.3) is 0 Å². The van der Waals surface area contributed by atoms with Gasteiger partial charge in [-0.1, -0.05) is 84.5 Å². The second-order valence-corrected chi connectivity index (χ2v) is 8.02. The van der Waals surface area contributed by atoms with E-state index in [0.29, 0.717) is 0 Å². The van der Waals surface area contributed by atoms with Crippen molar-refractivity contribution in [2.75, 3.05) is 0 Å². The number of unbranched alkanes of at least 4 members (excludes halogenated alkanes) is 11. The van der Waals surface area contributed by atoms with Crippen LogP contribution in [0.5, 0.6) is 5.75 Å². The van der Waals surface area contributed by atoms with Crippen LogP contribution in [-0.2, 0) is 0 Å². The van der Waals surface area contributed by atoms with E-state index in [0.717, 1.165) is 18.6 Å². The average Bonchev–Trinajstić information content (AvgIpc) is 2.70. The molecule has 0 N–H and O–H groups in total. The van der Waals surface area contributed by atoms with Crippen LogP contribution in [0, 0.1) is 0 Å². The van der Waals surface area contributed by atoms with Crippen LogP contribution in [-0.4, -0.2) is 12.1 Å².